The van der Waals surface area contributed by atoms with E-state index in [0.717, 1.165) is 11.1 Å². The van der Waals surface area contributed by atoms with Gasteiger partial charge in [0, 0.05) is 41.3 Å². The Balaban J connectivity index is 1.42. The summed E-state index contributed by atoms with van der Waals surface area (Å²) in [6, 6.07) is 14.6. The van der Waals surface area contributed by atoms with Crippen LogP contribution in [0.15, 0.2) is 83.0 Å². The summed E-state index contributed by atoms with van der Waals surface area (Å²) in [5.41, 5.74) is 3.34. The van der Waals surface area contributed by atoms with Gasteiger partial charge in [-0.3, -0.25) is 24.1 Å². The maximum Gasteiger partial charge on any atom is 0.233 e. The summed E-state index contributed by atoms with van der Waals surface area (Å²) in [5, 5.41) is 11.2. The summed E-state index contributed by atoms with van der Waals surface area (Å²) < 4.78 is 5.87. The van der Waals surface area contributed by atoms with E-state index in [2.05, 4.69) is 0 Å². The smallest absolute Gasteiger partial charge is 0.233 e. The zero-order valence-corrected chi connectivity index (χ0v) is 21.1. The quantitative estimate of drug-likeness (QED) is 0.380. The predicted octanol–water partition coefficient (Wildman–Crippen LogP) is 4.03. The Bertz CT molecular complexity index is 1500. The van der Waals surface area contributed by atoms with Crippen molar-refractivity contribution in [3.05, 3.63) is 94.1 Å². The van der Waals surface area contributed by atoms with E-state index < -0.39 is 23.7 Å². The summed E-state index contributed by atoms with van der Waals surface area (Å²) in [4.78, 5) is 53.7. The summed E-state index contributed by atoms with van der Waals surface area (Å²) in [7, 11) is 1.50. The fourth-order valence-electron chi connectivity index (χ4n) is 6.49. The van der Waals surface area contributed by atoms with Crippen LogP contribution in [0.1, 0.15) is 36.8 Å². The number of likely N-dealkylation sites (tertiary alicyclic amines) is 1. The Hall–Kier alpha value is -4.26. The molecule has 0 radical (unpaired) electrons. The largest absolute Gasteiger partial charge is 0.507 e. The van der Waals surface area contributed by atoms with Crippen LogP contribution in [0.2, 0.25) is 0 Å². The number of benzene rings is 2. The Labute approximate surface area is 220 Å². The van der Waals surface area contributed by atoms with Crippen molar-refractivity contribution in [2.45, 2.75) is 32.3 Å². The molecule has 192 valence electrons. The molecule has 1 N–H and O–H groups in total. The highest BCUT2D eigenvalue weighted by molar-refractivity contribution is 6.23. The first kappa shape index (κ1) is 24.1. The fourth-order valence-corrected chi connectivity index (χ4v) is 6.49. The van der Waals surface area contributed by atoms with Crippen molar-refractivity contribution in [2.24, 2.45) is 17.8 Å². The molecule has 0 saturated carbocycles. The van der Waals surface area contributed by atoms with Gasteiger partial charge in [-0.2, -0.15) is 0 Å². The van der Waals surface area contributed by atoms with Crippen LogP contribution in [0.3, 0.4) is 0 Å². The molecule has 2 aromatic carbocycles. The molecule has 1 heterocycles. The second-order valence-electron chi connectivity index (χ2n) is 10.5. The molecular weight excluding hydrogens is 482 g/mol. The van der Waals surface area contributed by atoms with Crippen LogP contribution < -0.4 is 4.74 Å². The van der Waals surface area contributed by atoms with Crippen molar-refractivity contribution in [1.82, 2.24) is 4.90 Å². The van der Waals surface area contributed by atoms with Gasteiger partial charge in [-0.05, 0) is 43.4 Å². The number of fused-ring (bicyclic) bond motifs is 3. The molecule has 2 amide bonds. The topological polar surface area (TPSA) is 101 Å². The van der Waals surface area contributed by atoms with Gasteiger partial charge in [-0.25, -0.2) is 0 Å². The van der Waals surface area contributed by atoms with Gasteiger partial charge >= 0.3 is 0 Å². The summed E-state index contributed by atoms with van der Waals surface area (Å²) >= 11 is 0. The molecule has 7 heteroatoms. The molecule has 1 saturated heterocycles. The second kappa shape index (κ2) is 8.94. The maximum absolute atomic E-state index is 13.3. The van der Waals surface area contributed by atoms with E-state index in [1.54, 1.807) is 19.1 Å². The monoisotopic (exact) mass is 509 g/mol. The molecular formula is C31H27NO6. The molecule has 7 nitrogen and oxygen atoms in total. The zero-order chi connectivity index (χ0) is 26.7. The third-order valence-corrected chi connectivity index (χ3v) is 8.34. The highest BCUT2D eigenvalue weighted by Crippen LogP contribution is 2.56. The lowest BCUT2D eigenvalue weighted by Crippen LogP contribution is -2.39. The average Bonchev–Trinajstić information content (AvgIpc) is 3.14. The number of Topliss-reactive ketones (excluding diaryl/α,β-unsaturated/α-hetero) is 1. The average molecular weight is 510 g/mol. The molecule has 0 unspecified atom stereocenters. The number of imide groups is 1. The normalized spacial score (nSPS) is 26.5. The van der Waals surface area contributed by atoms with Gasteiger partial charge in [0.1, 0.15) is 18.1 Å². The Kier molecular flexibility index (Phi) is 5.67. The highest BCUT2D eigenvalue weighted by Gasteiger charge is 2.55. The summed E-state index contributed by atoms with van der Waals surface area (Å²) in [6.07, 6.45) is 3.89. The molecule has 6 rings (SSSR count). The molecule has 0 bridgehead atoms. The van der Waals surface area contributed by atoms with Gasteiger partial charge in [0.15, 0.2) is 11.6 Å². The summed E-state index contributed by atoms with van der Waals surface area (Å²) in [6.45, 7) is 1.94. The Morgan fingerprint density at radius 2 is 1.76 bits per heavy atom. The molecule has 0 aromatic heterocycles. The number of allylic oxidation sites excluding steroid dienone is 6. The number of aromatic hydroxyl groups is 1. The van der Waals surface area contributed by atoms with Crippen LogP contribution in [0.4, 0.5) is 0 Å². The van der Waals surface area contributed by atoms with Gasteiger partial charge in [0.05, 0.1) is 11.8 Å². The van der Waals surface area contributed by atoms with Crippen LogP contribution in [-0.4, -0.2) is 40.4 Å². The van der Waals surface area contributed by atoms with E-state index in [4.69, 9.17) is 4.74 Å². The lowest BCUT2D eigenvalue weighted by Gasteiger charge is -2.42. The number of carbonyl (C=O) groups is 4. The minimum absolute atomic E-state index is 0.0615. The number of carbonyl (C=O) groups excluding carboxylic acids is 4. The number of amides is 2. The number of phenols is 1. The first-order chi connectivity index (χ1) is 18.3. The number of hydrogen-bond acceptors (Lipinski definition) is 6. The van der Waals surface area contributed by atoms with Gasteiger partial charge in [0.2, 0.25) is 11.8 Å². The molecule has 0 spiro atoms. The van der Waals surface area contributed by atoms with E-state index >= 15 is 0 Å². The van der Waals surface area contributed by atoms with Gasteiger partial charge in [-0.1, -0.05) is 48.0 Å². The van der Waals surface area contributed by atoms with E-state index in [1.165, 1.54) is 24.1 Å². The Morgan fingerprint density at radius 3 is 2.50 bits per heavy atom. The standard InChI is InChI=1S/C31H27NO6/c1-16-12-25(34)28-23(29(16)35)14-22-19(10-11-21-27(22)31(37)32(2)30(21)36)26(28)20-9-8-18(13-24(20)33)38-15-17-6-4-3-5-7-17/h3-10,12-13,21-22,26-27,33H,11,14-15H2,1-2H3/t21-,22+,26+,27-/m0/s1. The predicted molar refractivity (Wildman–Crippen MR) is 138 cm³/mol. The number of ether oxygens (including phenoxy) is 1. The van der Waals surface area contributed by atoms with Gasteiger partial charge in [-0.15, -0.1) is 0 Å². The number of hydrogen-bond donors (Lipinski definition) is 1. The number of rotatable bonds is 4. The van der Waals surface area contributed by atoms with Crippen LogP contribution in [0.25, 0.3) is 0 Å². The molecule has 3 aliphatic carbocycles. The molecule has 4 aliphatic rings. The van der Waals surface area contributed by atoms with Crippen molar-refractivity contribution in [2.75, 3.05) is 7.05 Å². The minimum atomic E-state index is -0.692. The van der Waals surface area contributed by atoms with E-state index in [1.807, 2.05) is 36.4 Å². The van der Waals surface area contributed by atoms with Gasteiger partial charge < -0.3 is 9.84 Å². The second-order valence-corrected chi connectivity index (χ2v) is 10.5. The maximum atomic E-state index is 13.3. The first-order valence-electron chi connectivity index (χ1n) is 12.8. The lowest BCUT2D eigenvalue weighted by atomic mass is 9.59. The molecule has 1 aliphatic heterocycles. The van der Waals surface area contributed by atoms with Crippen molar-refractivity contribution in [3.8, 4) is 11.5 Å². The summed E-state index contributed by atoms with van der Waals surface area (Å²) in [5.74, 6) is -2.71. The van der Waals surface area contributed by atoms with E-state index in [9.17, 15) is 24.3 Å². The van der Waals surface area contributed by atoms with Crippen LogP contribution in [-0.2, 0) is 25.8 Å². The van der Waals surface area contributed by atoms with Crippen LogP contribution in [0.5, 0.6) is 11.5 Å². The number of ketones is 2. The van der Waals surface area contributed by atoms with Crippen molar-refractivity contribution >= 4 is 23.4 Å². The fraction of sp³-hybridized carbons (Fsp3) is 0.290. The number of nitrogens with zero attached hydrogens (tertiary/aromatic N) is 1. The SMILES string of the molecule is CC1=CC(=O)C2=C(C[C@@H]3C(=CC[C@@H]4C(=O)N(C)C(=O)[C@@H]43)[C@@H]2c2ccc(OCc3ccccc3)cc2O)C1=O. The van der Waals surface area contributed by atoms with Crippen LogP contribution >= 0.6 is 0 Å². The van der Waals surface area contributed by atoms with Crippen LogP contribution in [0, 0.1) is 17.8 Å². The van der Waals surface area contributed by atoms with Crippen molar-refractivity contribution in [3.63, 3.8) is 0 Å². The third-order valence-electron chi connectivity index (χ3n) is 8.34. The minimum Gasteiger partial charge on any atom is -0.507 e. The Morgan fingerprint density at radius 1 is 1.00 bits per heavy atom. The molecule has 2 aromatic rings. The zero-order valence-electron chi connectivity index (χ0n) is 21.1. The molecule has 1 fully saturated rings. The third kappa shape index (κ3) is 3.64. The number of phenolic OH excluding ortho intramolecular Hbond substituents is 1. The molecule has 38 heavy (non-hydrogen) atoms. The van der Waals surface area contributed by atoms with E-state index in [0.29, 0.717) is 41.1 Å². The highest BCUT2D eigenvalue weighted by atomic mass is 16.5. The first-order valence-corrected chi connectivity index (χ1v) is 12.8. The van der Waals surface area contributed by atoms with E-state index in [-0.39, 0.29) is 35.6 Å². The van der Waals surface area contributed by atoms with Gasteiger partial charge in [0.25, 0.3) is 0 Å². The van der Waals surface area contributed by atoms with Crippen molar-refractivity contribution < 1.29 is 29.0 Å². The lowest BCUT2D eigenvalue weighted by molar-refractivity contribution is -0.138. The molecule has 4 atom stereocenters. The van der Waals surface area contributed by atoms with Crippen molar-refractivity contribution in [1.29, 1.82) is 0 Å².